The second kappa shape index (κ2) is 8.94. The molecule has 0 heterocycles. The summed E-state index contributed by atoms with van der Waals surface area (Å²) < 4.78 is 2.28. The Balaban J connectivity index is 1.54. The van der Waals surface area contributed by atoms with Crippen LogP contribution < -0.4 is 0 Å². The lowest BCUT2D eigenvalue weighted by Crippen LogP contribution is -1.97. The number of hydrogen-bond donors (Lipinski definition) is 0. The predicted molar refractivity (Wildman–Crippen MR) is 206 cm³/mol. The lowest BCUT2D eigenvalue weighted by molar-refractivity contribution is 1.64. The van der Waals surface area contributed by atoms with Gasteiger partial charge >= 0.3 is 0 Å². The first-order valence-corrected chi connectivity index (χ1v) is 17.2. The maximum atomic E-state index is 4.05. The van der Waals surface area contributed by atoms with Gasteiger partial charge in [0.05, 0.1) is 0 Å². The highest BCUT2D eigenvalue weighted by Crippen LogP contribution is 2.56. The van der Waals surface area contributed by atoms with Crippen molar-refractivity contribution in [2.24, 2.45) is 0 Å². The molecule has 0 aliphatic carbocycles. The van der Waals surface area contributed by atoms with Crippen LogP contribution in [0.2, 0.25) is 0 Å². The molecule has 0 N–H and O–H groups in total. The zero-order valence-corrected chi connectivity index (χ0v) is 27.6. The molecular formula is C44H22Br2. The third-order valence-corrected chi connectivity index (χ3v) is 11.7. The molecule has 0 unspecified atom stereocenters. The van der Waals surface area contributed by atoms with E-state index in [2.05, 4.69) is 165 Å². The SMILES string of the molecule is Brc1cc2c3ccccc3c3cc(Br)c4ccc5c6c(-c7ccccc7)ccc(-c7ccccc7)c6c6ccc1c1c2c3c4c5c61. The van der Waals surface area contributed by atoms with Gasteiger partial charge in [-0.05, 0) is 121 Å². The molecular weight excluding hydrogens is 688 g/mol. The van der Waals surface area contributed by atoms with Gasteiger partial charge in [0.25, 0.3) is 0 Å². The lowest BCUT2D eigenvalue weighted by atomic mass is 9.78. The molecule has 0 fully saturated rings. The van der Waals surface area contributed by atoms with E-state index in [1.807, 2.05) is 0 Å². The number of hydrogen-bond acceptors (Lipinski definition) is 0. The van der Waals surface area contributed by atoms with Crippen molar-refractivity contribution in [3.05, 3.63) is 142 Å². The maximum absolute atomic E-state index is 4.05. The summed E-state index contributed by atoms with van der Waals surface area (Å²) in [5.74, 6) is 0. The zero-order valence-electron chi connectivity index (χ0n) is 24.5. The van der Waals surface area contributed by atoms with E-state index in [-0.39, 0.29) is 0 Å². The van der Waals surface area contributed by atoms with Gasteiger partial charge in [0.15, 0.2) is 0 Å². The molecule has 11 aromatic carbocycles. The number of rotatable bonds is 2. The summed E-state index contributed by atoms with van der Waals surface area (Å²) in [6.07, 6.45) is 0. The first-order chi connectivity index (χ1) is 22.7. The summed E-state index contributed by atoms with van der Waals surface area (Å²) in [5, 5.41) is 21.2. The van der Waals surface area contributed by atoms with Crippen molar-refractivity contribution in [2.45, 2.75) is 0 Å². The average Bonchev–Trinajstić information content (AvgIpc) is 3.11. The molecule has 212 valence electrons. The van der Waals surface area contributed by atoms with Crippen LogP contribution in [-0.4, -0.2) is 0 Å². The molecule has 46 heavy (non-hydrogen) atoms. The third kappa shape index (κ3) is 3.05. The van der Waals surface area contributed by atoms with Crippen LogP contribution in [0.4, 0.5) is 0 Å². The van der Waals surface area contributed by atoms with Gasteiger partial charge in [-0.3, -0.25) is 0 Å². The highest BCUT2D eigenvalue weighted by atomic mass is 79.9. The van der Waals surface area contributed by atoms with Crippen molar-refractivity contribution in [3.8, 4) is 22.3 Å². The molecule has 2 heteroatoms. The molecule has 0 aliphatic rings. The Morgan fingerprint density at radius 3 is 1.04 bits per heavy atom. The monoisotopic (exact) mass is 708 g/mol. The topological polar surface area (TPSA) is 0 Å². The van der Waals surface area contributed by atoms with Crippen LogP contribution in [0.25, 0.3) is 108 Å². The Labute approximate surface area is 281 Å². The molecule has 0 spiro atoms. The van der Waals surface area contributed by atoms with Crippen LogP contribution in [0.1, 0.15) is 0 Å². The van der Waals surface area contributed by atoms with Gasteiger partial charge in [-0.2, -0.15) is 0 Å². The number of fused-ring (bicyclic) bond motifs is 6. The minimum Gasteiger partial charge on any atom is -0.0622 e. The molecule has 0 amide bonds. The van der Waals surface area contributed by atoms with Gasteiger partial charge in [0.1, 0.15) is 0 Å². The van der Waals surface area contributed by atoms with Crippen LogP contribution in [0.3, 0.4) is 0 Å². The second-order valence-corrected chi connectivity index (χ2v) is 14.3. The Bertz CT molecular complexity index is 2810. The lowest BCUT2D eigenvalue weighted by Gasteiger charge is -2.26. The van der Waals surface area contributed by atoms with E-state index in [9.17, 15) is 0 Å². The standard InChI is InChI=1S/C44H22Br2/c45-35-21-33-27-13-7-8-14-28(27)34-22-36(46)30-18-20-32-38-26(24-11-5-2-6-12-24)16-15-25(23-9-3-1-4-10-23)37(38)31-19-17-29(35)39-41(31)42(32)40(30)44(34)43(33)39/h1-22H. The van der Waals surface area contributed by atoms with Crippen LogP contribution in [0.5, 0.6) is 0 Å². The summed E-state index contributed by atoms with van der Waals surface area (Å²) in [5.41, 5.74) is 5.02. The molecule has 0 aromatic heterocycles. The molecule has 0 radical (unpaired) electrons. The van der Waals surface area contributed by atoms with Gasteiger partial charge in [-0.1, -0.05) is 153 Å². The Hall–Kier alpha value is -4.76. The quantitative estimate of drug-likeness (QED) is 0.124. The molecule has 0 atom stereocenters. The molecule has 11 aromatic rings. The van der Waals surface area contributed by atoms with Crippen LogP contribution in [-0.2, 0) is 0 Å². The second-order valence-electron chi connectivity index (χ2n) is 12.6. The zero-order chi connectivity index (χ0) is 30.3. The average molecular weight is 710 g/mol. The van der Waals surface area contributed by atoms with Crippen molar-refractivity contribution in [3.63, 3.8) is 0 Å². The molecule has 0 aliphatic heterocycles. The highest BCUT2D eigenvalue weighted by Gasteiger charge is 2.27. The van der Waals surface area contributed by atoms with E-state index in [1.54, 1.807) is 0 Å². The summed E-state index contributed by atoms with van der Waals surface area (Å²) in [7, 11) is 0. The fraction of sp³-hybridized carbons (Fsp3) is 0. The van der Waals surface area contributed by atoms with Crippen LogP contribution in [0, 0.1) is 0 Å². The summed E-state index contributed by atoms with van der Waals surface area (Å²) >= 11 is 8.10. The van der Waals surface area contributed by atoms with Crippen molar-refractivity contribution in [1.29, 1.82) is 0 Å². The normalized spacial score (nSPS) is 12.6. The molecule has 0 saturated carbocycles. The van der Waals surface area contributed by atoms with Crippen LogP contribution >= 0.6 is 31.9 Å². The summed E-state index contributed by atoms with van der Waals surface area (Å²) in [4.78, 5) is 0. The Morgan fingerprint density at radius 1 is 0.261 bits per heavy atom. The van der Waals surface area contributed by atoms with Gasteiger partial charge in [0, 0.05) is 8.95 Å². The van der Waals surface area contributed by atoms with E-state index < -0.39 is 0 Å². The fourth-order valence-corrected chi connectivity index (χ4v) is 9.78. The van der Waals surface area contributed by atoms with Crippen molar-refractivity contribution in [1.82, 2.24) is 0 Å². The van der Waals surface area contributed by atoms with E-state index >= 15 is 0 Å². The third-order valence-electron chi connectivity index (χ3n) is 10.4. The highest BCUT2D eigenvalue weighted by molar-refractivity contribution is 9.11. The summed E-state index contributed by atoms with van der Waals surface area (Å²) in [6.45, 7) is 0. The van der Waals surface area contributed by atoms with Crippen molar-refractivity contribution >= 4 is 118 Å². The fourth-order valence-electron chi connectivity index (χ4n) is 8.66. The van der Waals surface area contributed by atoms with E-state index in [4.69, 9.17) is 0 Å². The van der Waals surface area contributed by atoms with Crippen molar-refractivity contribution < 1.29 is 0 Å². The van der Waals surface area contributed by atoms with Gasteiger partial charge in [0.2, 0.25) is 0 Å². The smallest absolute Gasteiger partial charge is 0.0260 e. The van der Waals surface area contributed by atoms with E-state index in [1.165, 1.54) is 108 Å². The first kappa shape index (κ1) is 25.4. The minimum atomic E-state index is 1.14. The Kier molecular flexibility index (Phi) is 4.94. The summed E-state index contributed by atoms with van der Waals surface area (Å²) in [6, 6.07) is 49.6. The molecule has 0 bridgehead atoms. The number of benzene rings is 11. The molecule has 0 nitrogen and oxygen atoms in total. The van der Waals surface area contributed by atoms with E-state index in [0.717, 1.165) is 8.95 Å². The molecule has 11 rings (SSSR count). The maximum Gasteiger partial charge on any atom is 0.0260 e. The van der Waals surface area contributed by atoms with Crippen molar-refractivity contribution in [2.75, 3.05) is 0 Å². The van der Waals surface area contributed by atoms with E-state index in [0.29, 0.717) is 0 Å². The minimum absolute atomic E-state index is 1.14. The molecule has 0 saturated heterocycles. The van der Waals surface area contributed by atoms with Crippen LogP contribution in [0.15, 0.2) is 142 Å². The largest absolute Gasteiger partial charge is 0.0622 e. The van der Waals surface area contributed by atoms with Gasteiger partial charge in [-0.15, -0.1) is 0 Å². The van der Waals surface area contributed by atoms with Gasteiger partial charge < -0.3 is 0 Å². The number of halogens is 2. The van der Waals surface area contributed by atoms with Gasteiger partial charge in [-0.25, -0.2) is 0 Å². The first-order valence-electron chi connectivity index (χ1n) is 15.7. The predicted octanol–water partition coefficient (Wildman–Crippen LogP) is 14.1. The Morgan fingerprint density at radius 2 is 0.609 bits per heavy atom.